The molecule has 1 heterocycles. The Kier molecular flexibility index (Phi) is 17.2. The summed E-state index contributed by atoms with van der Waals surface area (Å²) >= 11 is 0. The third kappa shape index (κ3) is 12.8. The van der Waals surface area contributed by atoms with Crippen LogP contribution in [0.3, 0.4) is 0 Å². The Morgan fingerprint density at radius 2 is 1.48 bits per heavy atom. The zero-order chi connectivity index (χ0) is 22.7. The number of rotatable bonds is 20. The number of ether oxygens (including phenoxy) is 2. The van der Waals surface area contributed by atoms with Crippen molar-refractivity contribution >= 4 is 5.97 Å². The topological polar surface area (TPSA) is 94.5 Å². The van der Waals surface area contributed by atoms with Gasteiger partial charge in [-0.05, 0) is 13.3 Å². The molecule has 1 saturated heterocycles. The molecule has 0 amide bonds. The number of hydrogen-bond donors (Lipinski definition) is 2. The van der Waals surface area contributed by atoms with Crippen LogP contribution in [0.1, 0.15) is 104 Å². The molecular weight excluding hydrogens is 400 g/mol. The van der Waals surface area contributed by atoms with Gasteiger partial charge in [0, 0.05) is 6.42 Å². The van der Waals surface area contributed by atoms with Gasteiger partial charge in [-0.25, -0.2) is 9.78 Å². The van der Waals surface area contributed by atoms with Crippen LogP contribution in [-0.4, -0.2) is 60.4 Å². The van der Waals surface area contributed by atoms with E-state index in [-0.39, 0.29) is 19.2 Å². The quantitative estimate of drug-likeness (QED) is 0.123. The molecule has 0 aliphatic carbocycles. The van der Waals surface area contributed by atoms with E-state index in [4.69, 9.17) is 19.2 Å². The first kappa shape index (κ1) is 28.3. The molecule has 0 aromatic heterocycles. The summed E-state index contributed by atoms with van der Waals surface area (Å²) in [5, 5.41) is 19.6. The van der Waals surface area contributed by atoms with Crippen LogP contribution in [0.4, 0.5) is 0 Å². The minimum atomic E-state index is -0.931. The van der Waals surface area contributed by atoms with E-state index in [1.807, 2.05) is 0 Å². The van der Waals surface area contributed by atoms with Gasteiger partial charge in [0.1, 0.15) is 18.3 Å². The Morgan fingerprint density at radius 1 is 0.935 bits per heavy atom. The van der Waals surface area contributed by atoms with Crippen molar-refractivity contribution in [2.75, 3.05) is 19.8 Å². The van der Waals surface area contributed by atoms with Gasteiger partial charge in [-0.1, -0.05) is 84.0 Å². The van der Waals surface area contributed by atoms with Gasteiger partial charge in [-0.15, -0.1) is 0 Å². The molecule has 0 unspecified atom stereocenters. The fourth-order valence-corrected chi connectivity index (χ4v) is 3.93. The highest BCUT2D eigenvalue weighted by Crippen LogP contribution is 2.24. The summed E-state index contributed by atoms with van der Waals surface area (Å²) in [5.41, 5.74) is 0. The Morgan fingerprint density at radius 3 is 2.00 bits per heavy atom. The molecule has 1 aliphatic rings. The maximum absolute atomic E-state index is 12.2. The van der Waals surface area contributed by atoms with Gasteiger partial charge in [0.05, 0.1) is 19.8 Å². The molecule has 4 atom stereocenters. The third-order valence-corrected chi connectivity index (χ3v) is 5.77. The fraction of sp³-hybridized carbons (Fsp3) is 0.958. The van der Waals surface area contributed by atoms with Crippen LogP contribution < -0.4 is 0 Å². The van der Waals surface area contributed by atoms with Gasteiger partial charge >= 0.3 is 5.97 Å². The zero-order valence-corrected chi connectivity index (χ0v) is 19.8. The van der Waals surface area contributed by atoms with Crippen molar-refractivity contribution in [1.82, 2.24) is 0 Å². The lowest BCUT2D eigenvalue weighted by atomic mass is 10.0. The second-order valence-corrected chi connectivity index (χ2v) is 8.54. The standard InChI is InChI=1S/C24H46O7/c1-3-5-6-7-8-9-10-11-12-13-14-15-16-17-22(27)30-23-20(26)19-28-24(23)21(18-25)31-29-4-2/h20-21,23-26H,3-19H2,1-2H3/t20-,21+,23+,24+/m0/s1. The van der Waals surface area contributed by atoms with Gasteiger partial charge < -0.3 is 19.7 Å². The maximum Gasteiger partial charge on any atom is 0.306 e. The van der Waals surface area contributed by atoms with Crippen LogP contribution >= 0.6 is 0 Å². The molecule has 1 rings (SSSR count). The Bertz CT molecular complexity index is 432. The van der Waals surface area contributed by atoms with Gasteiger partial charge in [0.25, 0.3) is 0 Å². The Balaban J connectivity index is 2.07. The Hall–Kier alpha value is -0.730. The lowest BCUT2D eigenvalue weighted by molar-refractivity contribution is -0.343. The number of esters is 1. The van der Waals surface area contributed by atoms with E-state index in [9.17, 15) is 15.0 Å². The van der Waals surface area contributed by atoms with Crippen molar-refractivity contribution < 1.29 is 34.3 Å². The normalized spacial score (nSPS) is 22.0. The highest BCUT2D eigenvalue weighted by molar-refractivity contribution is 5.69. The summed E-state index contributed by atoms with van der Waals surface area (Å²) < 4.78 is 10.9. The van der Waals surface area contributed by atoms with Crippen molar-refractivity contribution in [2.24, 2.45) is 0 Å². The van der Waals surface area contributed by atoms with E-state index in [2.05, 4.69) is 6.92 Å². The van der Waals surface area contributed by atoms with Crippen molar-refractivity contribution in [3.05, 3.63) is 0 Å². The van der Waals surface area contributed by atoms with E-state index < -0.39 is 24.4 Å². The molecule has 0 aromatic rings. The smallest absolute Gasteiger partial charge is 0.306 e. The maximum atomic E-state index is 12.2. The minimum absolute atomic E-state index is 0.0351. The zero-order valence-electron chi connectivity index (χ0n) is 19.8. The molecule has 0 saturated carbocycles. The third-order valence-electron chi connectivity index (χ3n) is 5.77. The van der Waals surface area contributed by atoms with Crippen LogP contribution in [0.5, 0.6) is 0 Å². The van der Waals surface area contributed by atoms with Crippen molar-refractivity contribution in [2.45, 2.75) is 128 Å². The lowest BCUT2D eigenvalue weighted by Gasteiger charge is -2.26. The monoisotopic (exact) mass is 446 g/mol. The molecular formula is C24H46O7. The average molecular weight is 447 g/mol. The minimum Gasteiger partial charge on any atom is -0.457 e. The van der Waals surface area contributed by atoms with Crippen LogP contribution in [0, 0.1) is 0 Å². The van der Waals surface area contributed by atoms with Gasteiger partial charge in [0.15, 0.2) is 6.10 Å². The van der Waals surface area contributed by atoms with Crippen molar-refractivity contribution in [3.63, 3.8) is 0 Å². The molecule has 7 nitrogen and oxygen atoms in total. The van der Waals surface area contributed by atoms with E-state index in [1.54, 1.807) is 6.92 Å². The summed E-state index contributed by atoms with van der Waals surface area (Å²) in [4.78, 5) is 22.2. The Labute approximate surface area is 188 Å². The van der Waals surface area contributed by atoms with Gasteiger partial charge in [-0.3, -0.25) is 4.79 Å². The van der Waals surface area contributed by atoms with E-state index in [0.29, 0.717) is 13.0 Å². The van der Waals surface area contributed by atoms with Crippen LogP contribution in [-0.2, 0) is 24.0 Å². The summed E-state index contributed by atoms with van der Waals surface area (Å²) in [6.07, 6.45) is 13.2. The molecule has 0 aromatic carbocycles. The van der Waals surface area contributed by atoms with E-state index in [0.717, 1.165) is 19.3 Å². The number of aliphatic hydroxyl groups is 2. The predicted molar refractivity (Wildman–Crippen MR) is 120 cm³/mol. The molecule has 1 aliphatic heterocycles. The highest BCUT2D eigenvalue weighted by atomic mass is 17.2. The van der Waals surface area contributed by atoms with Crippen LogP contribution in [0.2, 0.25) is 0 Å². The first-order valence-electron chi connectivity index (χ1n) is 12.5. The predicted octanol–water partition coefficient (Wildman–Crippen LogP) is 4.47. The molecule has 31 heavy (non-hydrogen) atoms. The summed E-state index contributed by atoms with van der Waals surface area (Å²) in [6, 6.07) is 0. The second-order valence-electron chi connectivity index (χ2n) is 8.54. The molecule has 2 N–H and O–H groups in total. The number of aliphatic hydroxyl groups excluding tert-OH is 2. The van der Waals surface area contributed by atoms with Crippen LogP contribution in [0.15, 0.2) is 0 Å². The van der Waals surface area contributed by atoms with Crippen molar-refractivity contribution in [1.29, 1.82) is 0 Å². The van der Waals surface area contributed by atoms with Crippen LogP contribution in [0.25, 0.3) is 0 Å². The number of unbranched alkanes of at least 4 members (excludes halogenated alkanes) is 12. The number of hydrogen-bond acceptors (Lipinski definition) is 7. The number of carbonyl (C=O) groups excluding carboxylic acids is 1. The average Bonchev–Trinajstić information content (AvgIpc) is 3.12. The molecule has 1 fully saturated rings. The van der Waals surface area contributed by atoms with Gasteiger partial charge in [0.2, 0.25) is 0 Å². The fourth-order valence-electron chi connectivity index (χ4n) is 3.93. The van der Waals surface area contributed by atoms with E-state index >= 15 is 0 Å². The molecule has 0 spiro atoms. The van der Waals surface area contributed by atoms with Gasteiger partial charge in [-0.2, -0.15) is 0 Å². The molecule has 7 heteroatoms. The second kappa shape index (κ2) is 18.8. The first-order valence-corrected chi connectivity index (χ1v) is 12.5. The lowest BCUT2D eigenvalue weighted by Crippen LogP contribution is -2.44. The van der Waals surface area contributed by atoms with Crippen molar-refractivity contribution in [3.8, 4) is 0 Å². The molecule has 0 radical (unpaired) electrons. The van der Waals surface area contributed by atoms with E-state index in [1.165, 1.54) is 64.2 Å². The molecule has 184 valence electrons. The first-order chi connectivity index (χ1) is 15.1. The SMILES string of the molecule is CCCCCCCCCCCCCCCC(=O)O[C@H]1[C@@H]([C@@H](CO)OOCC)OC[C@@H]1O. The summed E-state index contributed by atoms with van der Waals surface area (Å²) in [7, 11) is 0. The summed E-state index contributed by atoms with van der Waals surface area (Å²) in [6.45, 7) is 4.00. The highest BCUT2D eigenvalue weighted by Gasteiger charge is 2.44. The molecule has 0 bridgehead atoms. The number of carbonyl (C=O) groups is 1. The summed E-state index contributed by atoms with van der Waals surface area (Å²) in [5.74, 6) is -0.351. The largest absolute Gasteiger partial charge is 0.457 e.